The van der Waals surface area contributed by atoms with Gasteiger partial charge >= 0.3 is 0 Å². The molecule has 214 valence electrons. The molecule has 1 amide bonds. The Kier molecular flexibility index (Phi) is 20.2. The number of hydrogen-bond acceptors (Lipinski definition) is 3. The van der Waals surface area contributed by atoms with Crippen molar-refractivity contribution in [2.24, 2.45) is 0 Å². The number of hydrogen-bond donors (Lipinski definition) is 1. The van der Waals surface area contributed by atoms with E-state index in [9.17, 15) is 4.79 Å². The Balaban J connectivity index is 1.88. The first kappa shape index (κ1) is 33.4. The molecular weight excluding hydrogens is 456 g/mol. The Hall–Kier alpha value is -1.62. The van der Waals surface area contributed by atoms with Gasteiger partial charge in [0.25, 0.3) is 0 Å². The summed E-state index contributed by atoms with van der Waals surface area (Å²) in [7, 11) is 6.68. The van der Waals surface area contributed by atoms with Gasteiger partial charge in [0.1, 0.15) is 0 Å². The summed E-state index contributed by atoms with van der Waals surface area (Å²) in [5, 5.41) is 3.10. The highest BCUT2D eigenvalue weighted by Gasteiger charge is 2.14. The van der Waals surface area contributed by atoms with E-state index in [0.717, 1.165) is 36.2 Å². The van der Waals surface area contributed by atoms with Crippen molar-refractivity contribution in [1.82, 2.24) is 10.3 Å². The van der Waals surface area contributed by atoms with Crippen LogP contribution in [0.3, 0.4) is 0 Å². The minimum Gasteiger partial charge on any atom is -0.374 e. The second-order valence-electron chi connectivity index (χ2n) is 11.8. The fourth-order valence-electron chi connectivity index (χ4n) is 5.02. The van der Waals surface area contributed by atoms with Crippen LogP contribution in [0.25, 0.3) is 0 Å². The lowest BCUT2D eigenvalue weighted by atomic mass is 10.0. The topological polar surface area (TPSA) is 45.2 Å². The molecule has 0 spiro atoms. The summed E-state index contributed by atoms with van der Waals surface area (Å²) in [6.07, 6.45) is 27.9. The predicted molar refractivity (Wildman–Crippen MR) is 161 cm³/mol. The van der Waals surface area contributed by atoms with E-state index < -0.39 is 0 Å². The SMILES string of the molecule is CCCCCCCCCCCCCCCCCC[N+](C)(C)CCCNC(=O)CCN(C)c1ccncc1. The number of aromatic nitrogens is 1. The molecule has 0 bridgehead atoms. The highest BCUT2D eigenvalue weighted by Crippen LogP contribution is 2.14. The maximum absolute atomic E-state index is 12.2. The van der Waals surface area contributed by atoms with Crippen molar-refractivity contribution in [1.29, 1.82) is 0 Å². The molecule has 0 aliphatic rings. The van der Waals surface area contributed by atoms with Crippen molar-refractivity contribution < 1.29 is 9.28 Å². The van der Waals surface area contributed by atoms with Gasteiger partial charge in [-0.15, -0.1) is 0 Å². The van der Waals surface area contributed by atoms with Gasteiger partial charge < -0.3 is 14.7 Å². The molecule has 0 fully saturated rings. The number of nitrogens with zero attached hydrogens (tertiary/aromatic N) is 3. The Bertz CT molecular complexity index is 649. The molecule has 0 aromatic carbocycles. The normalized spacial score (nSPS) is 11.6. The number of anilines is 1. The molecule has 0 radical (unpaired) electrons. The van der Waals surface area contributed by atoms with Gasteiger partial charge in [0.2, 0.25) is 5.91 Å². The second kappa shape index (κ2) is 22.4. The minimum atomic E-state index is 0.143. The number of pyridine rings is 1. The van der Waals surface area contributed by atoms with E-state index in [0.29, 0.717) is 6.42 Å². The van der Waals surface area contributed by atoms with Crippen LogP contribution >= 0.6 is 0 Å². The van der Waals surface area contributed by atoms with E-state index >= 15 is 0 Å². The van der Waals surface area contributed by atoms with E-state index in [4.69, 9.17) is 0 Å². The van der Waals surface area contributed by atoms with E-state index in [-0.39, 0.29) is 5.91 Å². The van der Waals surface area contributed by atoms with Crippen molar-refractivity contribution in [3.05, 3.63) is 24.5 Å². The Morgan fingerprint density at radius 2 is 1.22 bits per heavy atom. The maximum atomic E-state index is 12.2. The van der Waals surface area contributed by atoms with Gasteiger partial charge in [-0.3, -0.25) is 9.78 Å². The quantitative estimate of drug-likeness (QED) is 0.106. The molecule has 0 aliphatic heterocycles. The average Bonchev–Trinajstić information content (AvgIpc) is 2.90. The van der Waals surface area contributed by atoms with Gasteiger partial charge in [0, 0.05) is 51.1 Å². The van der Waals surface area contributed by atoms with Crippen LogP contribution in [0.2, 0.25) is 0 Å². The van der Waals surface area contributed by atoms with Gasteiger partial charge in [-0.1, -0.05) is 96.8 Å². The monoisotopic (exact) mass is 517 g/mol. The molecular formula is C32H61N4O+. The highest BCUT2D eigenvalue weighted by molar-refractivity contribution is 5.76. The van der Waals surface area contributed by atoms with E-state index in [1.807, 2.05) is 19.2 Å². The van der Waals surface area contributed by atoms with Gasteiger partial charge in [-0.2, -0.15) is 0 Å². The second-order valence-corrected chi connectivity index (χ2v) is 11.8. The third-order valence-corrected chi connectivity index (χ3v) is 7.66. The Morgan fingerprint density at radius 1 is 0.757 bits per heavy atom. The van der Waals surface area contributed by atoms with Gasteiger partial charge in [0.15, 0.2) is 0 Å². The van der Waals surface area contributed by atoms with Crippen LogP contribution < -0.4 is 10.2 Å². The molecule has 0 saturated heterocycles. The fraction of sp³-hybridized carbons (Fsp3) is 0.812. The molecule has 0 saturated carbocycles. The fourth-order valence-corrected chi connectivity index (χ4v) is 5.02. The number of quaternary nitrogens is 1. The lowest BCUT2D eigenvalue weighted by molar-refractivity contribution is -0.890. The lowest BCUT2D eigenvalue weighted by Gasteiger charge is -2.30. The molecule has 1 N–H and O–H groups in total. The number of amides is 1. The van der Waals surface area contributed by atoms with E-state index in [1.54, 1.807) is 12.4 Å². The zero-order chi connectivity index (χ0) is 27.0. The molecule has 0 unspecified atom stereocenters. The zero-order valence-corrected chi connectivity index (χ0v) is 25.1. The molecule has 5 nitrogen and oxygen atoms in total. The van der Waals surface area contributed by atoms with Crippen LogP contribution in [0, 0.1) is 0 Å². The van der Waals surface area contributed by atoms with Crippen LogP contribution in [0.4, 0.5) is 5.69 Å². The summed E-state index contributed by atoms with van der Waals surface area (Å²) in [4.78, 5) is 18.3. The molecule has 37 heavy (non-hydrogen) atoms. The van der Waals surface area contributed by atoms with Crippen LogP contribution in [-0.2, 0) is 4.79 Å². The molecule has 0 aliphatic carbocycles. The van der Waals surface area contributed by atoms with Crippen LogP contribution in [-0.4, -0.2) is 62.7 Å². The van der Waals surface area contributed by atoms with E-state index in [1.165, 1.54) is 109 Å². The first-order valence-corrected chi connectivity index (χ1v) is 15.6. The number of carbonyl (C=O) groups excluding carboxylic acids is 1. The smallest absolute Gasteiger partial charge is 0.221 e. The third-order valence-electron chi connectivity index (χ3n) is 7.66. The molecule has 5 heteroatoms. The van der Waals surface area contributed by atoms with Crippen LogP contribution in [0.1, 0.15) is 122 Å². The number of unbranched alkanes of at least 4 members (excludes halogenated alkanes) is 15. The predicted octanol–water partition coefficient (Wildman–Crippen LogP) is 7.75. The van der Waals surface area contributed by atoms with Crippen LogP contribution in [0.15, 0.2) is 24.5 Å². The standard InChI is InChI=1S/C32H60N4O/c1-5-6-7-8-9-10-11-12-13-14-15-16-17-18-19-20-29-36(3,4)30-21-25-34-32(37)24-28-35(2)31-22-26-33-27-23-31/h22-23,26-27H,5-21,24-25,28-30H2,1-4H3/p+1. The van der Waals surface area contributed by atoms with Crippen molar-refractivity contribution >= 4 is 11.6 Å². The van der Waals surface area contributed by atoms with Gasteiger partial charge in [-0.25, -0.2) is 0 Å². The largest absolute Gasteiger partial charge is 0.374 e. The first-order valence-electron chi connectivity index (χ1n) is 15.6. The van der Waals surface area contributed by atoms with Gasteiger partial charge in [-0.05, 0) is 25.0 Å². The van der Waals surface area contributed by atoms with Crippen LogP contribution in [0.5, 0.6) is 0 Å². The molecule has 1 aromatic heterocycles. The average molecular weight is 518 g/mol. The lowest BCUT2D eigenvalue weighted by Crippen LogP contribution is -2.42. The minimum absolute atomic E-state index is 0.143. The van der Waals surface area contributed by atoms with Crippen molar-refractivity contribution in [2.75, 3.05) is 52.2 Å². The zero-order valence-electron chi connectivity index (χ0n) is 25.1. The summed E-state index contributed by atoms with van der Waals surface area (Å²) >= 11 is 0. The molecule has 0 atom stereocenters. The summed E-state index contributed by atoms with van der Waals surface area (Å²) in [6, 6.07) is 3.94. The Labute approximate surface area is 230 Å². The number of carbonyl (C=O) groups is 1. The van der Waals surface area contributed by atoms with Crippen molar-refractivity contribution in [2.45, 2.75) is 122 Å². The third kappa shape index (κ3) is 20.1. The van der Waals surface area contributed by atoms with E-state index in [2.05, 4.69) is 36.2 Å². The summed E-state index contributed by atoms with van der Waals surface area (Å²) in [5.41, 5.74) is 1.09. The van der Waals surface area contributed by atoms with Gasteiger partial charge in [0.05, 0.1) is 27.2 Å². The summed E-state index contributed by atoms with van der Waals surface area (Å²) in [6.45, 7) is 6.15. The first-order chi connectivity index (χ1) is 17.9. The van der Waals surface area contributed by atoms with Crippen molar-refractivity contribution in [3.8, 4) is 0 Å². The molecule has 1 aromatic rings. The number of rotatable bonds is 25. The molecule has 1 rings (SSSR count). The van der Waals surface area contributed by atoms with Crippen molar-refractivity contribution in [3.63, 3.8) is 0 Å². The summed E-state index contributed by atoms with van der Waals surface area (Å²) < 4.78 is 1.05. The maximum Gasteiger partial charge on any atom is 0.221 e. The highest BCUT2D eigenvalue weighted by atomic mass is 16.1. The number of nitrogens with one attached hydrogen (secondary N) is 1. The Morgan fingerprint density at radius 3 is 1.73 bits per heavy atom. The molecule has 1 heterocycles. The summed E-state index contributed by atoms with van der Waals surface area (Å²) in [5.74, 6) is 0.143.